The van der Waals surface area contributed by atoms with E-state index in [2.05, 4.69) is 0 Å². The third-order valence-corrected chi connectivity index (χ3v) is 1.93. The van der Waals surface area contributed by atoms with Crippen LogP contribution >= 0.6 is 11.6 Å². The summed E-state index contributed by atoms with van der Waals surface area (Å²) in [4.78, 5) is 20.4. The molecule has 1 N–H and O–H groups in total. The van der Waals surface area contributed by atoms with Crippen LogP contribution in [0.2, 0.25) is 0 Å². The van der Waals surface area contributed by atoms with E-state index in [0.29, 0.717) is 6.07 Å². The molecule has 0 aliphatic rings. The zero-order valence-electron chi connectivity index (χ0n) is 7.24. The Balaban J connectivity index is 3.35. The maximum Gasteiger partial charge on any atom is 0.314 e. The molecule has 0 amide bonds. The smallest absolute Gasteiger partial charge is 0.314 e. The summed E-state index contributed by atoms with van der Waals surface area (Å²) < 4.78 is 12.9. The summed E-state index contributed by atoms with van der Waals surface area (Å²) in [5, 5.41) is 19.4. The van der Waals surface area contributed by atoms with Gasteiger partial charge in [0, 0.05) is 11.6 Å². The number of halogens is 2. The largest absolute Gasteiger partial charge is 0.500 e. The van der Waals surface area contributed by atoms with Crippen molar-refractivity contribution in [1.82, 2.24) is 0 Å². The molecule has 0 fully saturated rings. The van der Waals surface area contributed by atoms with E-state index in [1.807, 2.05) is 0 Å². The van der Waals surface area contributed by atoms with Gasteiger partial charge in [-0.2, -0.15) is 0 Å². The molecular formula is C8H5ClFNO4. The first-order valence-corrected chi connectivity index (χ1v) is 4.27. The molecule has 0 spiro atoms. The number of aromatic hydroxyl groups is 1. The molecule has 1 aromatic rings. The van der Waals surface area contributed by atoms with Crippen molar-refractivity contribution in [2.24, 2.45) is 0 Å². The molecule has 0 heterocycles. The van der Waals surface area contributed by atoms with Crippen LogP contribution in [0.5, 0.6) is 5.75 Å². The molecule has 5 nitrogen and oxygen atoms in total. The van der Waals surface area contributed by atoms with Gasteiger partial charge in [0.05, 0.1) is 10.8 Å². The van der Waals surface area contributed by atoms with E-state index < -0.39 is 33.8 Å². The molecule has 0 aromatic heterocycles. The van der Waals surface area contributed by atoms with Gasteiger partial charge in [-0.25, -0.2) is 4.39 Å². The lowest BCUT2D eigenvalue weighted by Crippen LogP contribution is -2.02. The van der Waals surface area contributed by atoms with Crippen molar-refractivity contribution < 1.29 is 19.2 Å². The van der Waals surface area contributed by atoms with Gasteiger partial charge in [-0.05, 0) is 6.07 Å². The molecule has 80 valence electrons. The third kappa shape index (κ3) is 2.21. The number of alkyl halides is 1. The SMILES string of the molecule is O=C(CCl)c1cc(F)c(O)c([N+](=O)[O-])c1. The lowest BCUT2D eigenvalue weighted by atomic mass is 10.1. The molecule has 0 aliphatic heterocycles. The number of carbonyl (C=O) groups is 1. The summed E-state index contributed by atoms with van der Waals surface area (Å²) >= 11 is 5.21. The number of Topliss-reactive ketones (excluding diaryl/α,β-unsaturated/α-hetero) is 1. The summed E-state index contributed by atoms with van der Waals surface area (Å²) in [6.45, 7) is 0. The number of nitro groups is 1. The number of benzene rings is 1. The number of phenolic OH excluding ortho intramolecular Hbond substituents is 1. The molecule has 0 atom stereocenters. The molecule has 0 unspecified atom stereocenters. The number of nitrogens with zero attached hydrogens (tertiary/aromatic N) is 1. The van der Waals surface area contributed by atoms with E-state index in [-0.39, 0.29) is 5.56 Å². The number of hydrogen-bond donors (Lipinski definition) is 1. The van der Waals surface area contributed by atoms with Crippen LogP contribution in [0, 0.1) is 15.9 Å². The van der Waals surface area contributed by atoms with Gasteiger partial charge in [-0.3, -0.25) is 14.9 Å². The number of hydrogen-bond acceptors (Lipinski definition) is 4. The van der Waals surface area contributed by atoms with Crippen LogP contribution in [0.3, 0.4) is 0 Å². The second kappa shape index (κ2) is 4.22. The Labute approximate surface area is 88.2 Å². The van der Waals surface area contributed by atoms with E-state index in [0.717, 1.165) is 6.07 Å². The Hall–Kier alpha value is -1.69. The van der Waals surface area contributed by atoms with E-state index in [9.17, 15) is 19.3 Å². The lowest BCUT2D eigenvalue weighted by Gasteiger charge is -2.01. The second-order valence-electron chi connectivity index (χ2n) is 2.64. The zero-order valence-corrected chi connectivity index (χ0v) is 7.99. The Morgan fingerprint density at radius 3 is 2.67 bits per heavy atom. The Morgan fingerprint density at radius 2 is 2.20 bits per heavy atom. The first-order valence-electron chi connectivity index (χ1n) is 3.73. The van der Waals surface area contributed by atoms with Crippen molar-refractivity contribution in [3.8, 4) is 5.75 Å². The average molecular weight is 234 g/mol. The fraction of sp³-hybridized carbons (Fsp3) is 0.125. The van der Waals surface area contributed by atoms with Gasteiger partial charge in [0.1, 0.15) is 0 Å². The van der Waals surface area contributed by atoms with Gasteiger partial charge < -0.3 is 5.11 Å². The molecule has 0 saturated heterocycles. The average Bonchev–Trinajstić information content (AvgIpc) is 2.20. The lowest BCUT2D eigenvalue weighted by molar-refractivity contribution is -0.386. The normalized spacial score (nSPS) is 10.0. The summed E-state index contributed by atoms with van der Waals surface area (Å²) in [6, 6.07) is 1.48. The minimum absolute atomic E-state index is 0.244. The van der Waals surface area contributed by atoms with Crippen LogP contribution in [-0.4, -0.2) is 21.7 Å². The van der Waals surface area contributed by atoms with Crippen LogP contribution in [0.15, 0.2) is 12.1 Å². The monoisotopic (exact) mass is 233 g/mol. The molecule has 15 heavy (non-hydrogen) atoms. The number of phenols is 1. The van der Waals surface area contributed by atoms with Crippen LogP contribution in [0.1, 0.15) is 10.4 Å². The van der Waals surface area contributed by atoms with Gasteiger partial charge in [0.15, 0.2) is 11.6 Å². The fourth-order valence-electron chi connectivity index (χ4n) is 0.962. The van der Waals surface area contributed by atoms with Crippen LogP contribution in [-0.2, 0) is 0 Å². The molecule has 0 radical (unpaired) electrons. The maximum atomic E-state index is 12.9. The number of nitro benzene ring substituents is 1. The Kier molecular flexibility index (Phi) is 3.21. The topological polar surface area (TPSA) is 80.4 Å². The first-order chi connectivity index (χ1) is 6.97. The number of carbonyl (C=O) groups excluding carboxylic acids is 1. The Bertz CT molecular complexity index is 435. The number of rotatable bonds is 3. The van der Waals surface area contributed by atoms with Crippen molar-refractivity contribution in [3.05, 3.63) is 33.6 Å². The molecular weight excluding hydrogens is 229 g/mol. The summed E-state index contributed by atoms with van der Waals surface area (Å²) in [7, 11) is 0. The summed E-state index contributed by atoms with van der Waals surface area (Å²) in [5.41, 5.74) is -1.10. The molecule has 0 bridgehead atoms. The number of ketones is 1. The van der Waals surface area contributed by atoms with Gasteiger partial charge in [-0.1, -0.05) is 0 Å². The van der Waals surface area contributed by atoms with Crippen LogP contribution in [0.4, 0.5) is 10.1 Å². The molecule has 1 rings (SSSR count). The quantitative estimate of drug-likeness (QED) is 0.374. The van der Waals surface area contributed by atoms with Gasteiger partial charge >= 0.3 is 5.69 Å². The first kappa shape index (κ1) is 11.4. The van der Waals surface area contributed by atoms with Gasteiger partial charge in [-0.15, -0.1) is 11.6 Å². The Morgan fingerprint density at radius 1 is 1.60 bits per heavy atom. The fourth-order valence-corrected chi connectivity index (χ4v) is 1.12. The van der Waals surface area contributed by atoms with E-state index in [1.54, 1.807) is 0 Å². The van der Waals surface area contributed by atoms with Crippen molar-refractivity contribution in [3.63, 3.8) is 0 Å². The highest BCUT2D eigenvalue weighted by Gasteiger charge is 2.21. The minimum atomic E-state index is -1.22. The van der Waals surface area contributed by atoms with Crippen molar-refractivity contribution in [1.29, 1.82) is 0 Å². The van der Waals surface area contributed by atoms with Crippen LogP contribution in [0.25, 0.3) is 0 Å². The van der Waals surface area contributed by atoms with Crippen molar-refractivity contribution in [2.45, 2.75) is 0 Å². The zero-order chi connectivity index (χ0) is 11.6. The maximum absolute atomic E-state index is 12.9. The van der Waals surface area contributed by atoms with E-state index in [4.69, 9.17) is 16.7 Å². The van der Waals surface area contributed by atoms with Crippen molar-refractivity contribution >= 4 is 23.1 Å². The summed E-state index contributed by atoms with van der Waals surface area (Å²) in [5.74, 6) is -3.39. The van der Waals surface area contributed by atoms with Gasteiger partial charge in [0.25, 0.3) is 0 Å². The molecule has 0 saturated carbocycles. The molecule has 1 aromatic carbocycles. The molecule has 0 aliphatic carbocycles. The van der Waals surface area contributed by atoms with E-state index >= 15 is 0 Å². The summed E-state index contributed by atoms with van der Waals surface area (Å²) in [6.07, 6.45) is 0. The van der Waals surface area contributed by atoms with Gasteiger partial charge in [0.2, 0.25) is 5.75 Å². The predicted molar refractivity (Wildman–Crippen MR) is 49.8 cm³/mol. The standard InChI is InChI=1S/C8H5ClFNO4/c9-3-7(12)4-1-5(10)8(13)6(2-4)11(14)15/h1-2,13H,3H2. The highest BCUT2D eigenvalue weighted by molar-refractivity contribution is 6.30. The highest BCUT2D eigenvalue weighted by Crippen LogP contribution is 2.30. The van der Waals surface area contributed by atoms with E-state index in [1.165, 1.54) is 0 Å². The minimum Gasteiger partial charge on any atom is -0.500 e. The second-order valence-corrected chi connectivity index (χ2v) is 2.91. The van der Waals surface area contributed by atoms with Crippen molar-refractivity contribution in [2.75, 3.05) is 5.88 Å². The third-order valence-electron chi connectivity index (χ3n) is 1.68. The predicted octanol–water partition coefficient (Wildman–Crippen LogP) is 1.86. The highest BCUT2D eigenvalue weighted by atomic mass is 35.5. The molecule has 7 heteroatoms. The van der Waals surface area contributed by atoms with Crippen LogP contribution < -0.4 is 0 Å².